The number of aliphatic carboxylic acids is 1. The lowest BCUT2D eigenvalue weighted by Crippen LogP contribution is -2.24. The van der Waals surface area contributed by atoms with E-state index in [1.807, 2.05) is 0 Å². The first-order valence-electron chi connectivity index (χ1n) is 6.07. The van der Waals surface area contributed by atoms with Gasteiger partial charge < -0.3 is 9.84 Å². The third-order valence-electron chi connectivity index (χ3n) is 2.06. The van der Waals surface area contributed by atoms with Crippen LogP contribution in [-0.2, 0) is 14.3 Å². The van der Waals surface area contributed by atoms with E-state index in [0.29, 0.717) is 6.08 Å². The molecule has 0 aromatic rings. The summed E-state index contributed by atoms with van der Waals surface area (Å²) in [6.45, 7) is 5.31. The van der Waals surface area contributed by atoms with Crippen LogP contribution in [0.5, 0.6) is 0 Å². The van der Waals surface area contributed by atoms with E-state index < -0.39 is 49.1 Å². The van der Waals surface area contributed by atoms with E-state index in [1.54, 1.807) is 0 Å². The van der Waals surface area contributed by atoms with Crippen LogP contribution in [0.1, 0.15) is 13.8 Å². The van der Waals surface area contributed by atoms with Crippen LogP contribution in [0.3, 0.4) is 0 Å². The SMILES string of the molecule is C=C(C)C(=O)OC(F)C(F)F.CC(=CC(F)C(F)C(F)F)C(=O)O. The average Bonchev–Trinajstić information content (AvgIpc) is 2.46. The summed E-state index contributed by atoms with van der Waals surface area (Å²) in [5.41, 5.74) is -0.621. The van der Waals surface area contributed by atoms with Gasteiger partial charge in [-0.05, 0) is 19.9 Å². The lowest BCUT2D eigenvalue weighted by atomic mass is 10.2. The second-order valence-electron chi connectivity index (χ2n) is 4.25. The van der Waals surface area contributed by atoms with E-state index in [1.165, 1.54) is 6.92 Å². The predicted octanol–water partition coefficient (Wildman–Crippen LogP) is 3.63. The number of esters is 1. The maximum absolute atomic E-state index is 12.5. The van der Waals surface area contributed by atoms with Crippen molar-refractivity contribution in [1.29, 1.82) is 0 Å². The third kappa shape index (κ3) is 10.6. The van der Waals surface area contributed by atoms with Gasteiger partial charge in [-0.15, -0.1) is 0 Å². The summed E-state index contributed by atoms with van der Waals surface area (Å²) < 4.78 is 86.0. The zero-order valence-corrected chi connectivity index (χ0v) is 12.5. The monoisotopic (exact) mass is 368 g/mol. The highest BCUT2D eigenvalue weighted by molar-refractivity contribution is 5.87. The predicted molar refractivity (Wildman–Crippen MR) is 69.0 cm³/mol. The largest absolute Gasteiger partial charge is 0.478 e. The summed E-state index contributed by atoms with van der Waals surface area (Å²) >= 11 is 0. The molecule has 1 N–H and O–H groups in total. The van der Waals surface area contributed by atoms with Gasteiger partial charge in [0.1, 0.15) is 0 Å². The van der Waals surface area contributed by atoms with Crippen LogP contribution >= 0.6 is 0 Å². The molecule has 0 heterocycles. The van der Waals surface area contributed by atoms with Crippen molar-refractivity contribution in [3.8, 4) is 0 Å². The fraction of sp³-hybridized carbons (Fsp3) is 0.538. The minimum absolute atomic E-state index is 0.117. The van der Waals surface area contributed by atoms with Gasteiger partial charge in [-0.2, -0.15) is 4.39 Å². The van der Waals surface area contributed by atoms with Crippen molar-refractivity contribution in [2.24, 2.45) is 0 Å². The van der Waals surface area contributed by atoms with Gasteiger partial charge >= 0.3 is 24.7 Å². The Kier molecular flexibility index (Phi) is 11.6. The number of halogens is 7. The van der Waals surface area contributed by atoms with Crippen LogP contribution in [0.25, 0.3) is 0 Å². The molecule has 24 heavy (non-hydrogen) atoms. The molecular formula is C13H15F7O4. The van der Waals surface area contributed by atoms with E-state index in [2.05, 4.69) is 11.3 Å². The number of carbonyl (C=O) groups is 2. The summed E-state index contributed by atoms with van der Waals surface area (Å²) in [6.07, 6.45) is -14.9. The van der Waals surface area contributed by atoms with Gasteiger partial charge in [0.2, 0.25) is 0 Å². The fourth-order valence-electron chi connectivity index (χ4n) is 0.795. The second kappa shape index (κ2) is 11.5. The Bertz CT molecular complexity index is 465. The van der Waals surface area contributed by atoms with Crippen molar-refractivity contribution in [3.05, 3.63) is 23.8 Å². The smallest absolute Gasteiger partial charge is 0.335 e. The molecule has 0 aliphatic heterocycles. The summed E-state index contributed by atoms with van der Waals surface area (Å²) in [7, 11) is 0. The first-order chi connectivity index (χ1) is 10.8. The average molecular weight is 368 g/mol. The Hall–Kier alpha value is -2.07. The molecule has 0 saturated heterocycles. The molecule has 0 bridgehead atoms. The minimum Gasteiger partial charge on any atom is -0.478 e. The second-order valence-corrected chi connectivity index (χ2v) is 4.25. The number of hydrogen-bond acceptors (Lipinski definition) is 3. The third-order valence-corrected chi connectivity index (χ3v) is 2.06. The van der Waals surface area contributed by atoms with E-state index in [-0.39, 0.29) is 5.57 Å². The quantitative estimate of drug-likeness (QED) is 0.424. The van der Waals surface area contributed by atoms with Crippen molar-refractivity contribution in [2.75, 3.05) is 0 Å². The fourth-order valence-corrected chi connectivity index (χ4v) is 0.795. The van der Waals surface area contributed by atoms with Crippen LogP contribution in [0, 0.1) is 0 Å². The molecule has 0 radical (unpaired) electrons. The first-order valence-corrected chi connectivity index (χ1v) is 6.07. The molecule has 0 spiro atoms. The molecule has 3 atom stereocenters. The van der Waals surface area contributed by atoms with Gasteiger partial charge in [-0.3, -0.25) is 0 Å². The summed E-state index contributed by atoms with van der Waals surface area (Å²) in [6, 6.07) is 0. The zero-order chi connectivity index (χ0) is 19.6. The van der Waals surface area contributed by atoms with Crippen molar-refractivity contribution in [2.45, 2.75) is 45.4 Å². The molecule has 0 aliphatic rings. The summed E-state index contributed by atoms with van der Waals surface area (Å²) in [4.78, 5) is 20.4. The number of carboxylic acid groups (broad SMARTS) is 1. The van der Waals surface area contributed by atoms with Crippen LogP contribution in [-0.4, -0.2) is 48.6 Å². The number of hydrogen-bond donors (Lipinski definition) is 1. The van der Waals surface area contributed by atoms with Crippen LogP contribution in [0.4, 0.5) is 30.7 Å². The zero-order valence-electron chi connectivity index (χ0n) is 12.5. The standard InChI is InChI=1S/C7H8F4O2.C6H7F3O2/c1-3(7(12)13)2-4(8)5(9)6(10)11;1-3(2)6(10)11-5(9)4(7)8/h2,4-6H,1H3,(H,12,13);4-5H,1H2,2H3. The molecule has 0 rings (SSSR count). The minimum atomic E-state index is -3.45. The van der Waals surface area contributed by atoms with Gasteiger partial charge in [-0.25, -0.2) is 35.9 Å². The highest BCUT2D eigenvalue weighted by Crippen LogP contribution is 2.15. The molecule has 0 amide bonds. The van der Waals surface area contributed by atoms with Crippen LogP contribution in [0.2, 0.25) is 0 Å². The summed E-state index contributed by atoms with van der Waals surface area (Å²) in [5.74, 6) is -2.62. The molecule has 0 aromatic carbocycles. The number of carbonyl (C=O) groups excluding carboxylic acids is 1. The van der Waals surface area contributed by atoms with Crippen molar-refractivity contribution < 1.29 is 50.2 Å². The Balaban J connectivity index is 0. The number of rotatable bonds is 7. The van der Waals surface area contributed by atoms with Crippen LogP contribution in [0.15, 0.2) is 23.8 Å². The van der Waals surface area contributed by atoms with Crippen LogP contribution < -0.4 is 0 Å². The molecule has 4 nitrogen and oxygen atoms in total. The van der Waals surface area contributed by atoms with Gasteiger partial charge in [-0.1, -0.05) is 6.58 Å². The Morgan fingerprint density at radius 3 is 1.75 bits per heavy atom. The topological polar surface area (TPSA) is 63.6 Å². The normalized spacial score (nSPS) is 15.2. The molecule has 140 valence electrons. The molecule has 0 saturated carbocycles. The van der Waals surface area contributed by atoms with Crippen molar-refractivity contribution >= 4 is 11.9 Å². The molecule has 0 aliphatic carbocycles. The van der Waals surface area contributed by atoms with Crippen molar-refractivity contribution in [1.82, 2.24) is 0 Å². The van der Waals surface area contributed by atoms with Gasteiger partial charge in [0.15, 0.2) is 12.3 Å². The molecule has 0 aromatic heterocycles. The number of alkyl halides is 7. The van der Waals surface area contributed by atoms with E-state index in [4.69, 9.17) is 5.11 Å². The van der Waals surface area contributed by atoms with E-state index in [0.717, 1.165) is 6.92 Å². The van der Waals surface area contributed by atoms with Crippen molar-refractivity contribution in [3.63, 3.8) is 0 Å². The number of carboxylic acids is 1. The summed E-state index contributed by atoms with van der Waals surface area (Å²) in [5, 5.41) is 8.21. The van der Waals surface area contributed by atoms with Gasteiger partial charge in [0, 0.05) is 11.1 Å². The van der Waals surface area contributed by atoms with E-state index >= 15 is 0 Å². The Morgan fingerprint density at radius 2 is 1.46 bits per heavy atom. The maximum Gasteiger partial charge on any atom is 0.335 e. The lowest BCUT2D eigenvalue weighted by Gasteiger charge is -2.08. The molecule has 3 unspecified atom stereocenters. The molecular weight excluding hydrogens is 353 g/mol. The highest BCUT2D eigenvalue weighted by Gasteiger charge is 2.28. The van der Waals surface area contributed by atoms with E-state index in [9.17, 15) is 40.3 Å². The first kappa shape index (κ1) is 24.2. The number of ether oxygens (including phenoxy) is 1. The van der Waals surface area contributed by atoms with Gasteiger partial charge in [0.05, 0.1) is 0 Å². The molecule has 0 fully saturated rings. The Morgan fingerprint density at radius 1 is 1.00 bits per heavy atom. The lowest BCUT2D eigenvalue weighted by molar-refractivity contribution is -0.169. The van der Waals surface area contributed by atoms with Gasteiger partial charge in [0.25, 0.3) is 6.43 Å². The molecule has 11 heteroatoms. The highest BCUT2D eigenvalue weighted by atomic mass is 19.3. The number of allylic oxidation sites excluding steroid dienone is 1. The Labute approximate surface area is 132 Å². The maximum atomic E-state index is 12.5.